The Labute approximate surface area is 72.1 Å². The highest BCUT2D eigenvalue weighted by Crippen LogP contribution is 2.08. The van der Waals surface area contributed by atoms with E-state index in [-0.39, 0.29) is 5.97 Å². The van der Waals surface area contributed by atoms with Crippen LogP contribution in [0.15, 0.2) is 24.4 Å². The molecular formula is C9H13NO2. The van der Waals surface area contributed by atoms with Gasteiger partial charge in [-0.15, -0.1) is 0 Å². The highest BCUT2D eigenvalue weighted by Gasteiger charge is 2.06. The fourth-order valence-corrected chi connectivity index (χ4v) is 1.07. The van der Waals surface area contributed by atoms with Crippen molar-refractivity contribution >= 4 is 5.97 Å². The summed E-state index contributed by atoms with van der Waals surface area (Å²) < 4.78 is 4.43. The molecular weight excluding hydrogens is 154 g/mol. The van der Waals surface area contributed by atoms with Crippen molar-refractivity contribution in [3.8, 4) is 0 Å². The minimum absolute atomic E-state index is 0.326. The Morgan fingerprint density at radius 3 is 2.83 bits per heavy atom. The minimum Gasteiger partial charge on any atom is -0.466 e. The summed E-state index contributed by atoms with van der Waals surface area (Å²) >= 11 is 0. The highest BCUT2D eigenvalue weighted by molar-refractivity contribution is 5.81. The molecule has 0 aromatic heterocycles. The molecule has 12 heavy (non-hydrogen) atoms. The van der Waals surface area contributed by atoms with Gasteiger partial charge in [-0.3, -0.25) is 0 Å². The highest BCUT2D eigenvalue weighted by atomic mass is 16.5. The molecule has 0 saturated heterocycles. The van der Waals surface area contributed by atoms with Gasteiger partial charge in [0.05, 0.1) is 7.11 Å². The van der Waals surface area contributed by atoms with Crippen molar-refractivity contribution in [2.45, 2.75) is 18.9 Å². The first-order valence-corrected chi connectivity index (χ1v) is 3.98. The number of hydrogen-bond acceptors (Lipinski definition) is 3. The van der Waals surface area contributed by atoms with E-state index in [1.807, 2.05) is 0 Å². The van der Waals surface area contributed by atoms with Crippen LogP contribution in [0.3, 0.4) is 0 Å². The zero-order chi connectivity index (χ0) is 8.81. The van der Waals surface area contributed by atoms with Crippen molar-refractivity contribution in [1.82, 2.24) is 5.32 Å². The van der Waals surface area contributed by atoms with E-state index in [9.17, 15) is 4.79 Å². The van der Waals surface area contributed by atoms with Crippen molar-refractivity contribution in [2.75, 3.05) is 7.11 Å². The smallest absolute Gasteiger partial charge is 0.331 e. The third-order valence-corrected chi connectivity index (χ3v) is 1.76. The van der Waals surface area contributed by atoms with Crippen LogP contribution in [0.25, 0.3) is 0 Å². The van der Waals surface area contributed by atoms with Crippen molar-refractivity contribution in [3.05, 3.63) is 24.4 Å². The van der Waals surface area contributed by atoms with Gasteiger partial charge >= 0.3 is 5.97 Å². The van der Waals surface area contributed by atoms with Gasteiger partial charge in [0, 0.05) is 18.3 Å². The Hall–Kier alpha value is -1.25. The number of nitrogens with one attached hydrogen (secondary N) is 1. The summed E-state index contributed by atoms with van der Waals surface area (Å²) in [5, 5.41) is 3.10. The molecule has 1 N–H and O–H groups in total. The van der Waals surface area contributed by atoms with E-state index in [0.717, 1.165) is 12.8 Å². The lowest BCUT2D eigenvalue weighted by atomic mass is 10.2. The van der Waals surface area contributed by atoms with E-state index in [0.29, 0.717) is 6.04 Å². The quantitative estimate of drug-likeness (QED) is 0.387. The van der Waals surface area contributed by atoms with Crippen LogP contribution in [0.4, 0.5) is 0 Å². The second-order valence-corrected chi connectivity index (χ2v) is 2.66. The molecule has 1 aliphatic rings. The number of methoxy groups -OCH3 is 1. The molecule has 0 aliphatic heterocycles. The van der Waals surface area contributed by atoms with Crippen molar-refractivity contribution < 1.29 is 9.53 Å². The second-order valence-electron chi connectivity index (χ2n) is 2.66. The van der Waals surface area contributed by atoms with Gasteiger partial charge in [0.2, 0.25) is 0 Å². The second kappa shape index (κ2) is 4.59. The molecule has 0 heterocycles. The van der Waals surface area contributed by atoms with E-state index in [1.165, 1.54) is 13.2 Å². The fourth-order valence-electron chi connectivity index (χ4n) is 1.07. The third-order valence-electron chi connectivity index (χ3n) is 1.76. The summed E-state index contributed by atoms with van der Waals surface area (Å²) in [7, 11) is 1.36. The number of rotatable bonds is 3. The summed E-state index contributed by atoms with van der Waals surface area (Å²) in [5.41, 5.74) is 0. The Balaban J connectivity index is 2.16. The van der Waals surface area contributed by atoms with E-state index in [1.54, 1.807) is 6.20 Å². The van der Waals surface area contributed by atoms with Gasteiger partial charge in [0.1, 0.15) is 0 Å². The molecule has 0 aromatic rings. The van der Waals surface area contributed by atoms with Crippen LogP contribution in [-0.2, 0) is 9.53 Å². The molecule has 3 heteroatoms. The Bertz CT molecular complexity index is 201. The largest absolute Gasteiger partial charge is 0.466 e. The third kappa shape index (κ3) is 2.78. The molecule has 0 saturated carbocycles. The van der Waals surface area contributed by atoms with Crippen molar-refractivity contribution in [3.63, 3.8) is 0 Å². The summed E-state index contributed by atoms with van der Waals surface area (Å²) in [5.74, 6) is -0.326. The van der Waals surface area contributed by atoms with Crippen molar-refractivity contribution in [1.29, 1.82) is 0 Å². The maximum atomic E-state index is 10.6. The van der Waals surface area contributed by atoms with Crippen LogP contribution in [0, 0.1) is 0 Å². The number of hydrogen-bond donors (Lipinski definition) is 1. The van der Waals surface area contributed by atoms with E-state index in [4.69, 9.17) is 0 Å². The zero-order valence-corrected chi connectivity index (χ0v) is 7.12. The minimum atomic E-state index is -0.326. The summed E-state index contributed by atoms with van der Waals surface area (Å²) in [6, 6.07) is 0.450. The Morgan fingerprint density at radius 1 is 1.58 bits per heavy atom. The van der Waals surface area contributed by atoms with Gasteiger partial charge < -0.3 is 10.1 Å². The molecule has 0 aromatic carbocycles. The molecule has 0 amide bonds. The monoisotopic (exact) mass is 167 g/mol. The standard InChI is InChI=1S/C9H13NO2/c1-12-9(11)6-7-10-8-4-2-3-5-8/h2-3,6-8,10H,4-5H2,1H3/b7-6+. The van der Waals surface area contributed by atoms with Crippen LogP contribution in [0.5, 0.6) is 0 Å². The number of carbonyl (C=O) groups excluding carboxylic acids is 1. The van der Waals surface area contributed by atoms with Gasteiger partial charge in [-0.2, -0.15) is 0 Å². The van der Waals surface area contributed by atoms with Gasteiger partial charge in [-0.1, -0.05) is 12.2 Å². The first-order valence-electron chi connectivity index (χ1n) is 3.98. The summed E-state index contributed by atoms with van der Waals surface area (Å²) in [6.07, 6.45) is 9.35. The predicted octanol–water partition coefficient (Wildman–Crippen LogP) is 0.981. The number of esters is 1. The lowest BCUT2D eigenvalue weighted by molar-refractivity contribution is -0.134. The molecule has 1 aliphatic carbocycles. The Kier molecular flexibility index (Phi) is 3.38. The molecule has 66 valence electrons. The molecule has 0 spiro atoms. The number of ether oxygens (including phenoxy) is 1. The lowest BCUT2D eigenvalue weighted by Gasteiger charge is -2.07. The average Bonchev–Trinajstić information content (AvgIpc) is 2.57. The van der Waals surface area contributed by atoms with Crippen LogP contribution in [0.2, 0.25) is 0 Å². The van der Waals surface area contributed by atoms with Gasteiger partial charge in [0.15, 0.2) is 0 Å². The van der Waals surface area contributed by atoms with Crippen LogP contribution in [-0.4, -0.2) is 19.1 Å². The predicted molar refractivity (Wildman–Crippen MR) is 46.5 cm³/mol. The normalized spacial score (nSPS) is 17.1. The topological polar surface area (TPSA) is 38.3 Å². The van der Waals surface area contributed by atoms with Crippen LogP contribution < -0.4 is 5.32 Å². The average molecular weight is 167 g/mol. The van der Waals surface area contributed by atoms with Crippen LogP contribution in [0.1, 0.15) is 12.8 Å². The fraction of sp³-hybridized carbons (Fsp3) is 0.444. The molecule has 0 unspecified atom stereocenters. The Morgan fingerprint density at radius 2 is 2.25 bits per heavy atom. The first-order chi connectivity index (χ1) is 5.83. The SMILES string of the molecule is COC(=O)/C=C/NC1CC=CC1. The molecule has 0 bridgehead atoms. The van der Waals surface area contributed by atoms with Gasteiger partial charge in [-0.25, -0.2) is 4.79 Å². The van der Waals surface area contributed by atoms with Gasteiger partial charge in [-0.05, 0) is 12.8 Å². The van der Waals surface area contributed by atoms with Gasteiger partial charge in [0.25, 0.3) is 0 Å². The lowest BCUT2D eigenvalue weighted by Crippen LogP contribution is -2.20. The van der Waals surface area contributed by atoms with E-state index in [2.05, 4.69) is 22.2 Å². The van der Waals surface area contributed by atoms with Crippen LogP contribution >= 0.6 is 0 Å². The van der Waals surface area contributed by atoms with Crippen molar-refractivity contribution in [2.24, 2.45) is 0 Å². The maximum absolute atomic E-state index is 10.6. The maximum Gasteiger partial charge on any atom is 0.331 e. The summed E-state index contributed by atoms with van der Waals surface area (Å²) in [6.45, 7) is 0. The molecule has 0 fully saturated rings. The molecule has 3 nitrogen and oxygen atoms in total. The molecule has 0 atom stereocenters. The summed E-state index contributed by atoms with van der Waals surface area (Å²) in [4.78, 5) is 10.6. The first kappa shape index (κ1) is 8.84. The number of carbonyl (C=O) groups is 1. The van der Waals surface area contributed by atoms with E-state index < -0.39 is 0 Å². The van der Waals surface area contributed by atoms with E-state index >= 15 is 0 Å². The zero-order valence-electron chi connectivity index (χ0n) is 7.12. The molecule has 0 radical (unpaired) electrons. The molecule has 1 rings (SSSR count).